The molecule has 1 saturated heterocycles. The molecule has 5 nitrogen and oxygen atoms in total. The molecule has 1 N–H and O–H groups in total. The van der Waals surface area contributed by atoms with Gasteiger partial charge in [-0.15, -0.1) is 11.3 Å². The molecule has 28 heavy (non-hydrogen) atoms. The van der Waals surface area contributed by atoms with Crippen LogP contribution in [0.5, 0.6) is 0 Å². The van der Waals surface area contributed by atoms with Crippen LogP contribution in [-0.2, 0) is 4.79 Å². The van der Waals surface area contributed by atoms with Crippen molar-refractivity contribution in [2.45, 2.75) is 0 Å². The monoisotopic (exact) mass is 396 g/mol. The first-order valence-corrected chi connectivity index (χ1v) is 10.1. The SMILES string of the molecule is O=C(CN1CCN(c2nc(-c3ccccc3)cs2)CC1)Nc1ccc(F)cc1. The predicted octanol–water partition coefficient (Wildman–Crippen LogP) is 3.71. The molecule has 2 heterocycles. The van der Waals surface area contributed by atoms with E-state index >= 15 is 0 Å². The zero-order valence-electron chi connectivity index (χ0n) is 15.3. The number of hydrogen-bond donors (Lipinski definition) is 1. The maximum atomic E-state index is 12.9. The Kier molecular flexibility index (Phi) is 5.64. The molecule has 1 fully saturated rings. The number of anilines is 2. The highest BCUT2D eigenvalue weighted by Crippen LogP contribution is 2.27. The molecule has 0 aliphatic carbocycles. The third kappa shape index (κ3) is 4.55. The molecule has 3 aromatic rings. The fourth-order valence-corrected chi connectivity index (χ4v) is 4.07. The minimum absolute atomic E-state index is 0.0827. The summed E-state index contributed by atoms with van der Waals surface area (Å²) < 4.78 is 12.9. The van der Waals surface area contributed by atoms with Crippen molar-refractivity contribution in [1.82, 2.24) is 9.88 Å². The van der Waals surface area contributed by atoms with Crippen molar-refractivity contribution in [2.24, 2.45) is 0 Å². The summed E-state index contributed by atoms with van der Waals surface area (Å²) in [6, 6.07) is 16.0. The molecule has 0 spiro atoms. The van der Waals surface area contributed by atoms with Gasteiger partial charge < -0.3 is 10.2 Å². The number of thiazole rings is 1. The van der Waals surface area contributed by atoms with E-state index in [0.717, 1.165) is 42.6 Å². The smallest absolute Gasteiger partial charge is 0.238 e. The Balaban J connectivity index is 1.28. The number of carbonyl (C=O) groups excluding carboxylic acids is 1. The second-order valence-electron chi connectivity index (χ2n) is 6.70. The number of nitrogens with one attached hydrogen (secondary N) is 1. The Morgan fingerprint density at radius 2 is 1.75 bits per heavy atom. The van der Waals surface area contributed by atoms with Crippen LogP contribution in [0.3, 0.4) is 0 Å². The number of amides is 1. The second-order valence-corrected chi connectivity index (χ2v) is 7.54. The molecule has 1 amide bonds. The second kappa shape index (κ2) is 8.50. The van der Waals surface area contributed by atoms with Gasteiger partial charge in [-0.1, -0.05) is 30.3 Å². The van der Waals surface area contributed by atoms with E-state index < -0.39 is 0 Å². The Morgan fingerprint density at radius 3 is 2.46 bits per heavy atom. The summed E-state index contributed by atoms with van der Waals surface area (Å²) in [5.41, 5.74) is 2.74. The number of rotatable bonds is 5. The summed E-state index contributed by atoms with van der Waals surface area (Å²) in [7, 11) is 0. The molecule has 0 radical (unpaired) electrons. The largest absolute Gasteiger partial charge is 0.346 e. The van der Waals surface area contributed by atoms with E-state index in [1.165, 1.54) is 12.1 Å². The first-order chi connectivity index (χ1) is 13.7. The van der Waals surface area contributed by atoms with Gasteiger partial charge in [0.2, 0.25) is 5.91 Å². The van der Waals surface area contributed by atoms with E-state index in [4.69, 9.17) is 4.98 Å². The Morgan fingerprint density at radius 1 is 1.04 bits per heavy atom. The summed E-state index contributed by atoms with van der Waals surface area (Å²) in [5, 5.41) is 5.92. The summed E-state index contributed by atoms with van der Waals surface area (Å²) in [6.07, 6.45) is 0. The summed E-state index contributed by atoms with van der Waals surface area (Å²) in [4.78, 5) is 21.4. The fourth-order valence-electron chi connectivity index (χ4n) is 3.19. The minimum atomic E-state index is -0.313. The fraction of sp³-hybridized carbons (Fsp3) is 0.238. The van der Waals surface area contributed by atoms with Crippen molar-refractivity contribution in [1.29, 1.82) is 0 Å². The number of carbonyl (C=O) groups is 1. The van der Waals surface area contributed by atoms with Crippen molar-refractivity contribution in [3.8, 4) is 11.3 Å². The lowest BCUT2D eigenvalue weighted by atomic mass is 10.2. The van der Waals surface area contributed by atoms with E-state index in [1.54, 1.807) is 23.5 Å². The van der Waals surface area contributed by atoms with Crippen molar-refractivity contribution in [3.05, 3.63) is 65.8 Å². The van der Waals surface area contributed by atoms with E-state index in [0.29, 0.717) is 12.2 Å². The number of hydrogen-bond acceptors (Lipinski definition) is 5. The topological polar surface area (TPSA) is 48.5 Å². The van der Waals surface area contributed by atoms with Gasteiger partial charge in [0, 0.05) is 42.8 Å². The maximum Gasteiger partial charge on any atom is 0.238 e. The van der Waals surface area contributed by atoms with Crippen LogP contribution in [0.25, 0.3) is 11.3 Å². The van der Waals surface area contributed by atoms with Gasteiger partial charge in [-0.25, -0.2) is 9.37 Å². The lowest BCUT2D eigenvalue weighted by Gasteiger charge is -2.34. The van der Waals surface area contributed by atoms with Gasteiger partial charge in [-0.3, -0.25) is 9.69 Å². The van der Waals surface area contributed by atoms with Crippen molar-refractivity contribution < 1.29 is 9.18 Å². The summed E-state index contributed by atoms with van der Waals surface area (Å²) in [5.74, 6) is -0.396. The molecular formula is C21H21FN4OS. The lowest BCUT2D eigenvalue weighted by molar-refractivity contribution is -0.117. The van der Waals surface area contributed by atoms with Crippen LogP contribution in [0, 0.1) is 5.82 Å². The molecule has 4 rings (SSSR count). The summed E-state index contributed by atoms with van der Waals surface area (Å²) >= 11 is 1.66. The van der Waals surface area contributed by atoms with Crippen LogP contribution in [0.4, 0.5) is 15.2 Å². The molecule has 0 saturated carbocycles. The minimum Gasteiger partial charge on any atom is -0.346 e. The maximum absolute atomic E-state index is 12.9. The number of aromatic nitrogens is 1. The average Bonchev–Trinajstić information content (AvgIpc) is 3.21. The molecule has 0 atom stereocenters. The number of piperazine rings is 1. The zero-order chi connectivity index (χ0) is 19.3. The number of benzene rings is 2. The zero-order valence-corrected chi connectivity index (χ0v) is 16.2. The molecule has 1 aliphatic rings. The third-order valence-electron chi connectivity index (χ3n) is 4.70. The van der Waals surface area contributed by atoms with E-state index in [-0.39, 0.29) is 11.7 Å². The third-order valence-corrected chi connectivity index (χ3v) is 5.60. The quantitative estimate of drug-likeness (QED) is 0.714. The van der Waals surface area contributed by atoms with Crippen molar-refractivity contribution >= 4 is 28.1 Å². The van der Waals surface area contributed by atoms with E-state index in [2.05, 4.69) is 32.6 Å². The normalized spacial score (nSPS) is 14.8. The molecule has 2 aromatic carbocycles. The van der Waals surface area contributed by atoms with Crippen LogP contribution in [0.15, 0.2) is 60.0 Å². The number of halogens is 1. The van der Waals surface area contributed by atoms with Crippen LogP contribution in [0.1, 0.15) is 0 Å². The van der Waals surface area contributed by atoms with Crippen LogP contribution < -0.4 is 10.2 Å². The van der Waals surface area contributed by atoms with Gasteiger partial charge >= 0.3 is 0 Å². The molecule has 7 heteroatoms. The highest BCUT2D eigenvalue weighted by Gasteiger charge is 2.21. The lowest BCUT2D eigenvalue weighted by Crippen LogP contribution is -2.48. The molecule has 0 unspecified atom stereocenters. The van der Waals surface area contributed by atoms with Gasteiger partial charge in [0.15, 0.2) is 5.13 Å². The van der Waals surface area contributed by atoms with Crippen LogP contribution in [-0.4, -0.2) is 48.5 Å². The highest BCUT2D eigenvalue weighted by molar-refractivity contribution is 7.14. The Labute approximate surface area is 167 Å². The van der Waals surface area contributed by atoms with E-state index in [1.807, 2.05) is 18.2 Å². The van der Waals surface area contributed by atoms with Crippen LogP contribution in [0.2, 0.25) is 0 Å². The van der Waals surface area contributed by atoms with Crippen molar-refractivity contribution in [3.63, 3.8) is 0 Å². The standard InChI is InChI=1S/C21H21FN4OS/c22-17-6-8-18(9-7-17)23-20(27)14-25-10-12-26(13-11-25)21-24-19(15-28-21)16-4-2-1-3-5-16/h1-9,15H,10-14H2,(H,23,27). The molecule has 0 bridgehead atoms. The first-order valence-electron chi connectivity index (χ1n) is 9.21. The van der Waals surface area contributed by atoms with Gasteiger partial charge in [0.25, 0.3) is 0 Å². The van der Waals surface area contributed by atoms with Crippen LogP contribution >= 0.6 is 11.3 Å². The highest BCUT2D eigenvalue weighted by atomic mass is 32.1. The Hall–Kier alpha value is -2.77. The van der Waals surface area contributed by atoms with Gasteiger partial charge in [0.1, 0.15) is 5.82 Å². The Bertz CT molecular complexity index is 921. The first kappa shape index (κ1) is 18.6. The van der Waals surface area contributed by atoms with E-state index in [9.17, 15) is 9.18 Å². The molecular weight excluding hydrogens is 375 g/mol. The molecule has 1 aromatic heterocycles. The average molecular weight is 396 g/mol. The summed E-state index contributed by atoms with van der Waals surface area (Å²) in [6.45, 7) is 3.61. The predicted molar refractivity (Wildman–Crippen MR) is 111 cm³/mol. The van der Waals surface area contributed by atoms with Crippen molar-refractivity contribution in [2.75, 3.05) is 42.9 Å². The van der Waals surface area contributed by atoms with Gasteiger partial charge in [0.05, 0.1) is 12.2 Å². The van der Waals surface area contributed by atoms with Gasteiger partial charge in [-0.2, -0.15) is 0 Å². The van der Waals surface area contributed by atoms with Gasteiger partial charge in [-0.05, 0) is 24.3 Å². The number of nitrogens with zero attached hydrogens (tertiary/aromatic N) is 3. The molecule has 144 valence electrons. The molecule has 1 aliphatic heterocycles.